The van der Waals surface area contributed by atoms with Gasteiger partial charge in [-0.05, 0) is 22.9 Å². The van der Waals surface area contributed by atoms with Crippen LogP contribution in [-0.2, 0) is 5.54 Å². The molecule has 2 heterocycles. The molecule has 1 aromatic heterocycles. The molecule has 0 spiro atoms. The van der Waals surface area contributed by atoms with Crippen LogP contribution >= 0.6 is 0 Å². The molecule has 0 saturated carbocycles. The van der Waals surface area contributed by atoms with Crippen molar-refractivity contribution in [2.45, 2.75) is 32.2 Å². The lowest BCUT2D eigenvalue weighted by Gasteiger charge is -2.35. The first kappa shape index (κ1) is 14.2. The number of rotatable bonds is 2. The zero-order valence-corrected chi connectivity index (χ0v) is 13.8. The fourth-order valence-electron chi connectivity index (χ4n) is 4.24. The maximum Gasteiger partial charge on any atom is 0.213 e. The largest absolute Gasteiger partial charge is 0.213 e. The molecule has 0 saturated heterocycles. The van der Waals surface area contributed by atoms with Gasteiger partial charge in [0, 0.05) is 36.1 Å². The average molecular weight is 300 g/mol. The monoisotopic (exact) mass is 300 g/mol. The van der Waals surface area contributed by atoms with Crippen LogP contribution in [0.1, 0.15) is 32.3 Å². The number of benzene rings is 2. The van der Waals surface area contributed by atoms with Crippen molar-refractivity contribution in [1.29, 1.82) is 0 Å². The molecule has 4 rings (SSSR count). The Bertz CT molecular complexity index is 916. The summed E-state index contributed by atoms with van der Waals surface area (Å²) in [7, 11) is 0. The van der Waals surface area contributed by atoms with Crippen LogP contribution in [0.5, 0.6) is 0 Å². The smallest absolute Gasteiger partial charge is 0.189 e. The predicted molar refractivity (Wildman–Crippen MR) is 97.2 cm³/mol. The fraction of sp³-hybridized carbons (Fsp3) is 0.227. The highest BCUT2D eigenvalue weighted by Gasteiger charge is 2.46. The van der Waals surface area contributed by atoms with Crippen molar-refractivity contribution < 1.29 is 4.57 Å². The zero-order chi connectivity index (χ0) is 16.0. The summed E-state index contributed by atoms with van der Waals surface area (Å²) in [5.74, 6) is 0. The molecule has 0 unspecified atom stereocenters. The van der Waals surface area contributed by atoms with E-state index in [2.05, 4.69) is 85.8 Å². The second kappa shape index (κ2) is 5.06. The Labute approximate surface area is 137 Å². The zero-order valence-electron chi connectivity index (χ0n) is 13.8. The van der Waals surface area contributed by atoms with Gasteiger partial charge in [-0.1, -0.05) is 50.8 Å². The third kappa shape index (κ3) is 1.77. The molecule has 0 bridgehead atoms. The first-order valence-electron chi connectivity index (χ1n) is 8.46. The first-order valence-corrected chi connectivity index (χ1v) is 8.46. The van der Waals surface area contributed by atoms with Crippen molar-refractivity contribution in [1.82, 2.24) is 0 Å². The third-order valence-electron chi connectivity index (χ3n) is 5.56. The first-order chi connectivity index (χ1) is 11.2. The van der Waals surface area contributed by atoms with Crippen LogP contribution in [0.25, 0.3) is 27.6 Å². The maximum absolute atomic E-state index is 4.58. The van der Waals surface area contributed by atoms with Gasteiger partial charge < -0.3 is 0 Å². The minimum absolute atomic E-state index is 0.0340. The summed E-state index contributed by atoms with van der Waals surface area (Å²) in [6.07, 6.45) is 4.31. The van der Waals surface area contributed by atoms with E-state index in [9.17, 15) is 0 Å². The van der Waals surface area contributed by atoms with E-state index in [1.165, 1.54) is 33.2 Å². The minimum Gasteiger partial charge on any atom is -0.189 e. The summed E-state index contributed by atoms with van der Waals surface area (Å²) in [6.45, 7) is 9.12. The Morgan fingerprint density at radius 2 is 1.65 bits per heavy atom. The van der Waals surface area contributed by atoms with Crippen LogP contribution in [0.15, 0.2) is 67.4 Å². The summed E-state index contributed by atoms with van der Waals surface area (Å²) in [6, 6.07) is 19.6. The number of allylic oxidation sites excluding steroid dienone is 1. The molecule has 1 nitrogen and oxygen atoms in total. The molecule has 0 fully saturated rings. The Morgan fingerprint density at radius 1 is 0.913 bits per heavy atom. The lowest BCUT2D eigenvalue weighted by Crippen LogP contribution is -2.59. The number of fused-ring (bicyclic) bond motifs is 5. The van der Waals surface area contributed by atoms with Gasteiger partial charge in [-0.3, -0.25) is 0 Å². The molecule has 3 aromatic rings. The predicted octanol–water partition coefficient (Wildman–Crippen LogP) is 5.34. The lowest BCUT2D eigenvalue weighted by atomic mass is 9.74. The van der Waals surface area contributed by atoms with E-state index in [-0.39, 0.29) is 5.54 Å². The van der Waals surface area contributed by atoms with Gasteiger partial charge in [0.05, 0.1) is 5.56 Å². The van der Waals surface area contributed by atoms with Gasteiger partial charge in [0.2, 0.25) is 5.69 Å². The van der Waals surface area contributed by atoms with Gasteiger partial charge in [0.15, 0.2) is 11.7 Å². The molecule has 0 N–H and O–H groups in total. The highest BCUT2D eigenvalue weighted by Crippen LogP contribution is 2.45. The third-order valence-corrected chi connectivity index (χ3v) is 5.56. The van der Waals surface area contributed by atoms with Crippen molar-refractivity contribution in [3.63, 3.8) is 0 Å². The van der Waals surface area contributed by atoms with E-state index in [0.717, 1.165) is 12.8 Å². The lowest BCUT2D eigenvalue weighted by molar-refractivity contribution is -0.741. The summed E-state index contributed by atoms with van der Waals surface area (Å²) in [5, 5.41) is 2.61. The van der Waals surface area contributed by atoms with Gasteiger partial charge in [-0.2, -0.15) is 4.57 Å². The van der Waals surface area contributed by atoms with E-state index < -0.39 is 0 Å². The quantitative estimate of drug-likeness (QED) is 0.563. The molecule has 2 aromatic carbocycles. The van der Waals surface area contributed by atoms with E-state index in [1.54, 1.807) is 0 Å². The summed E-state index contributed by atoms with van der Waals surface area (Å²) in [5.41, 5.74) is 5.14. The SMILES string of the molecule is C=C1c2c(ccc3ccccc23)-c2cccc[n+]2C1(CC)CC. The van der Waals surface area contributed by atoms with E-state index >= 15 is 0 Å². The second-order valence-electron chi connectivity index (χ2n) is 6.38. The Balaban J connectivity index is 2.17. The molecule has 1 aliphatic heterocycles. The Hall–Kier alpha value is -2.41. The maximum atomic E-state index is 4.58. The number of hydrogen-bond acceptors (Lipinski definition) is 0. The van der Waals surface area contributed by atoms with E-state index in [1.807, 2.05) is 0 Å². The van der Waals surface area contributed by atoms with Crippen molar-refractivity contribution in [3.05, 3.63) is 72.9 Å². The molecule has 23 heavy (non-hydrogen) atoms. The van der Waals surface area contributed by atoms with Gasteiger partial charge in [-0.15, -0.1) is 0 Å². The summed E-state index contributed by atoms with van der Waals surface area (Å²) < 4.78 is 2.44. The van der Waals surface area contributed by atoms with Gasteiger partial charge in [-0.25, -0.2) is 0 Å². The molecule has 1 heteroatoms. The molecular formula is C22H22N+. The van der Waals surface area contributed by atoms with Crippen molar-refractivity contribution in [2.24, 2.45) is 0 Å². The number of hydrogen-bond donors (Lipinski definition) is 0. The average Bonchev–Trinajstić information content (AvgIpc) is 2.62. The molecule has 1 aliphatic rings. The van der Waals surface area contributed by atoms with Gasteiger partial charge >= 0.3 is 0 Å². The fourth-order valence-corrected chi connectivity index (χ4v) is 4.24. The van der Waals surface area contributed by atoms with E-state index in [0.29, 0.717) is 0 Å². The molecule has 0 radical (unpaired) electrons. The highest BCUT2D eigenvalue weighted by molar-refractivity contribution is 6.01. The van der Waals surface area contributed by atoms with Crippen LogP contribution in [0.2, 0.25) is 0 Å². The number of nitrogens with zero attached hydrogens (tertiary/aromatic N) is 1. The number of pyridine rings is 1. The summed E-state index contributed by atoms with van der Waals surface area (Å²) >= 11 is 0. The minimum atomic E-state index is -0.0340. The van der Waals surface area contributed by atoms with Gasteiger partial charge in [0.1, 0.15) is 0 Å². The van der Waals surface area contributed by atoms with Crippen LogP contribution < -0.4 is 4.57 Å². The topological polar surface area (TPSA) is 3.88 Å². The van der Waals surface area contributed by atoms with Crippen LogP contribution in [-0.4, -0.2) is 0 Å². The molecule has 114 valence electrons. The molecule has 0 amide bonds. The normalized spacial score (nSPS) is 15.3. The standard InChI is InChI=1S/C22H22N/c1-4-22(5-2)16(3)21-18-11-7-6-10-17(18)13-14-19(21)20-12-8-9-15-23(20)22/h6-15H,3-5H2,1-2H3/q+1. The summed E-state index contributed by atoms with van der Waals surface area (Å²) in [4.78, 5) is 0. The van der Waals surface area contributed by atoms with Crippen LogP contribution in [0.3, 0.4) is 0 Å². The van der Waals surface area contributed by atoms with Crippen LogP contribution in [0.4, 0.5) is 0 Å². The van der Waals surface area contributed by atoms with Crippen molar-refractivity contribution >= 4 is 16.3 Å². The molecule has 0 atom stereocenters. The van der Waals surface area contributed by atoms with Crippen molar-refractivity contribution in [3.8, 4) is 11.3 Å². The Kier molecular flexibility index (Phi) is 3.12. The van der Waals surface area contributed by atoms with E-state index in [4.69, 9.17) is 0 Å². The van der Waals surface area contributed by atoms with Gasteiger partial charge in [0.25, 0.3) is 0 Å². The second-order valence-corrected chi connectivity index (χ2v) is 6.38. The molecule has 0 aliphatic carbocycles. The molecular weight excluding hydrogens is 278 g/mol. The Morgan fingerprint density at radius 3 is 2.43 bits per heavy atom. The van der Waals surface area contributed by atoms with Crippen molar-refractivity contribution in [2.75, 3.05) is 0 Å². The highest BCUT2D eigenvalue weighted by atomic mass is 15.1. The number of aromatic nitrogens is 1. The van der Waals surface area contributed by atoms with Crippen LogP contribution in [0, 0.1) is 0 Å².